The van der Waals surface area contributed by atoms with Gasteiger partial charge in [-0.15, -0.1) is 0 Å². The van der Waals surface area contributed by atoms with Crippen LogP contribution in [-0.4, -0.2) is 16.3 Å². The fourth-order valence-corrected chi connectivity index (χ4v) is 2.34. The van der Waals surface area contributed by atoms with Gasteiger partial charge in [-0.05, 0) is 44.0 Å². The van der Waals surface area contributed by atoms with Crippen molar-refractivity contribution in [3.8, 4) is 11.1 Å². The Bertz CT molecular complexity index is 543. The van der Waals surface area contributed by atoms with Crippen LogP contribution in [0, 0.1) is 6.92 Å². The minimum atomic E-state index is 0.386. The van der Waals surface area contributed by atoms with Crippen molar-refractivity contribution in [2.24, 2.45) is 7.05 Å². The standard InChI is InChI=1S/C16H23N3/c1-5-9-17-12(2)14-7-6-8-15(10-14)16-11-19(4)18-13(16)3/h6-8,10-12,17H,5,9H2,1-4H3. The lowest BCUT2D eigenvalue weighted by molar-refractivity contribution is 0.571. The van der Waals surface area contributed by atoms with Crippen molar-refractivity contribution in [2.75, 3.05) is 6.54 Å². The normalized spacial score (nSPS) is 12.6. The van der Waals surface area contributed by atoms with Gasteiger partial charge in [0.25, 0.3) is 0 Å². The first-order valence-corrected chi connectivity index (χ1v) is 6.95. The largest absolute Gasteiger partial charge is 0.310 e. The molecule has 1 aromatic heterocycles. The van der Waals surface area contributed by atoms with Crippen LogP contribution in [0.5, 0.6) is 0 Å². The zero-order chi connectivity index (χ0) is 13.8. The summed E-state index contributed by atoms with van der Waals surface area (Å²) in [6, 6.07) is 9.11. The van der Waals surface area contributed by atoms with Gasteiger partial charge in [0, 0.05) is 24.8 Å². The maximum Gasteiger partial charge on any atom is 0.0671 e. The van der Waals surface area contributed by atoms with Crippen LogP contribution in [0.15, 0.2) is 30.5 Å². The van der Waals surface area contributed by atoms with Gasteiger partial charge in [0.1, 0.15) is 0 Å². The van der Waals surface area contributed by atoms with Gasteiger partial charge in [-0.1, -0.05) is 25.1 Å². The van der Waals surface area contributed by atoms with E-state index >= 15 is 0 Å². The van der Waals surface area contributed by atoms with Crippen molar-refractivity contribution < 1.29 is 0 Å². The monoisotopic (exact) mass is 257 g/mol. The van der Waals surface area contributed by atoms with E-state index in [0.29, 0.717) is 6.04 Å². The summed E-state index contributed by atoms with van der Waals surface area (Å²) in [5.74, 6) is 0. The van der Waals surface area contributed by atoms with E-state index in [1.165, 1.54) is 16.7 Å². The van der Waals surface area contributed by atoms with Gasteiger partial charge in [-0.3, -0.25) is 4.68 Å². The predicted octanol–water partition coefficient (Wildman–Crippen LogP) is 3.46. The number of nitrogens with zero attached hydrogens (tertiary/aromatic N) is 2. The summed E-state index contributed by atoms with van der Waals surface area (Å²) in [6.45, 7) is 7.51. The molecule has 0 fully saturated rings. The minimum absolute atomic E-state index is 0.386. The molecule has 0 saturated carbocycles. The summed E-state index contributed by atoms with van der Waals surface area (Å²) in [6.07, 6.45) is 3.24. The summed E-state index contributed by atoms with van der Waals surface area (Å²) in [7, 11) is 1.96. The maximum atomic E-state index is 4.41. The smallest absolute Gasteiger partial charge is 0.0671 e. The first-order chi connectivity index (χ1) is 9.11. The quantitative estimate of drug-likeness (QED) is 0.889. The van der Waals surface area contributed by atoms with E-state index in [-0.39, 0.29) is 0 Å². The Morgan fingerprint density at radius 2 is 2.16 bits per heavy atom. The average molecular weight is 257 g/mol. The lowest BCUT2D eigenvalue weighted by Gasteiger charge is -2.14. The van der Waals surface area contributed by atoms with E-state index < -0.39 is 0 Å². The molecular weight excluding hydrogens is 234 g/mol. The molecule has 3 nitrogen and oxygen atoms in total. The highest BCUT2D eigenvalue weighted by atomic mass is 15.2. The Morgan fingerprint density at radius 1 is 1.37 bits per heavy atom. The van der Waals surface area contributed by atoms with E-state index in [2.05, 4.69) is 61.6 Å². The Morgan fingerprint density at radius 3 is 2.79 bits per heavy atom. The van der Waals surface area contributed by atoms with Gasteiger partial charge in [0.15, 0.2) is 0 Å². The molecular formula is C16H23N3. The molecule has 0 aliphatic heterocycles. The predicted molar refractivity (Wildman–Crippen MR) is 80.1 cm³/mol. The summed E-state index contributed by atoms with van der Waals surface area (Å²) < 4.78 is 1.87. The lowest BCUT2D eigenvalue weighted by atomic mass is 10.0. The third-order valence-corrected chi connectivity index (χ3v) is 3.41. The number of nitrogens with one attached hydrogen (secondary N) is 1. The van der Waals surface area contributed by atoms with E-state index in [0.717, 1.165) is 18.7 Å². The molecule has 3 heteroatoms. The van der Waals surface area contributed by atoms with Crippen molar-refractivity contribution in [1.82, 2.24) is 15.1 Å². The fourth-order valence-electron chi connectivity index (χ4n) is 2.34. The second-order valence-corrected chi connectivity index (χ2v) is 5.10. The second-order valence-electron chi connectivity index (χ2n) is 5.10. The van der Waals surface area contributed by atoms with Crippen molar-refractivity contribution in [3.05, 3.63) is 41.7 Å². The summed E-state index contributed by atoms with van der Waals surface area (Å²) in [5.41, 5.74) is 4.86. The van der Waals surface area contributed by atoms with Gasteiger partial charge in [0.05, 0.1) is 5.69 Å². The molecule has 0 bridgehead atoms. The summed E-state index contributed by atoms with van der Waals surface area (Å²) in [5, 5.41) is 7.94. The van der Waals surface area contributed by atoms with Gasteiger partial charge in [-0.2, -0.15) is 5.10 Å². The number of rotatable bonds is 5. The van der Waals surface area contributed by atoms with Gasteiger partial charge < -0.3 is 5.32 Å². The van der Waals surface area contributed by atoms with Crippen LogP contribution in [0.1, 0.15) is 37.6 Å². The molecule has 0 saturated heterocycles. The Kier molecular flexibility index (Phi) is 4.38. The maximum absolute atomic E-state index is 4.41. The number of aryl methyl sites for hydroxylation is 2. The van der Waals surface area contributed by atoms with Gasteiger partial charge >= 0.3 is 0 Å². The third kappa shape index (κ3) is 3.24. The molecule has 0 spiro atoms. The Labute approximate surface area is 115 Å². The summed E-state index contributed by atoms with van der Waals surface area (Å²) >= 11 is 0. The average Bonchev–Trinajstić information content (AvgIpc) is 2.75. The Hall–Kier alpha value is -1.61. The molecule has 1 aromatic carbocycles. The first-order valence-electron chi connectivity index (χ1n) is 6.95. The highest BCUT2D eigenvalue weighted by molar-refractivity contribution is 5.65. The van der Waals surface area contributed by atoms with Crippen LogP contribution in [-0.2, 0) is 7.05 Å². The van der Waals surface area contributed by atoms with Crippen molar-refractivity contribution in [1.29, 1.82) is 0 Å². The SMILES string of the molecule is CCCNC(C)c1cccc(-c2cn(C)nc2C)c1. The summed E-state index contributed by atoms with van der Waals surface area (Å²) in [4.78, 5) is 0. The molecule has 19 heavy (non-hydrogen) atoms. The first kappa shape index (κ1) is 13.8. The molecule has 2 aromatic rings. The van der Waals surface area contributed by atoms with Crippen LogP contribution >= 0.6 is 0 Å². The molecule has 1 atom stereocenters. The zero-order valence-corrected chi connectivity index (χ0v) is 12.3. The van der Waals surface area contributed by atoms with Crippen LogP contribution < -0.4 is 5.32 Å². The number of hydrogen-bond donors (Lipinski definition) is 1. The zero-order valence-electron chi connectivity index (χ0n) is 12.3. The van der Waals surface area contributed by atoms with E-state index in [9.17, 15) is 0 Å². The fraction of sp³-hybridized carbons (Fsp3) is 0.438. The number of benzene rings is 1. The van der Waals surface area contributed by atoms with Crippen molar-refractivity contribution in [2.45, 2.75) is 33.2 Å². The lowest BCUT2D eigenvalue weighted by Crippen LogP contribution is -2.19. The number of aromatic nitrogens is 2. The van der Waals surface area contributed by atoms with Crippen LogP contribution in [0.25, 0.3) is 11.1 Å². The highest BCUT2D eigenvalue weighted by Crippen LogP contribution is 2.25. The van der Waals surface area contributed by atoms with Crippen LogP contribution in [0.4, 0.5) is 0 Å². The Balaban J connectivity index is 2.26. The highest BCUT2D eigenvalue weighted by Gasteiger charge is 2.09. The third-order valence-electron chi connectivity index (χ3n) is 3.41. The van der Waals surface area contributed by atoms with E-state index in [1.54, 1.807) is 0 Å². The molecule has 2 rings (SSSR count). The molecule has 1 unspecified atom stereocenters. The second kappa shape index (κ2) is 6.02. The van der Waals surface area contributed by atoms with Crippen molar-refractivity contribution in [3.63, 3.8) is 0 Å². The number of hydrogen-bond acceptors (Lipinski definition) is 2. The molecule has 0 amide bonds. The molecule has 0 radical (unpaired) electrons. The minimum Gasteiger partial charge on any atom is -0.310 e. The molecule has 102 valence electrons. The topological polar surface area (TPSA) is 29.9 Å². The molecule has 1 N–H and O–H groups in total. The van der Waals surface area contributed by atoms with E-state index in [1.807, 2.05) is 11.7 Å². The molecule has 1 heterocycles. The van der Waals surface area contributed by atoms with Crippen molar-refractivity contribution >= 4 is 0 Å². The van der Waals surface area contributed by atoms with Crippen LogP contribution in [0.2, 0.25) is 0 Å². The van der Waals surface area contributed by atoms with Gasteiger partial charge in [-0.25, -0.2) is 0 Å². The van der Waals surface area contributed by atoms with E-state index in [4.69, 9.17) is 0 Å². The van der Waals surface area contributed by atoms with Crippen LogP contribution in [0.3, 0.4) is 0 Å². The molecule has 0 aliphatic rings. The van der Waals surface area contributed by atoms with Gasteiger partial charge in [0.2, 0.25) is 0 Å². The molecule has 0 aliphatic carbocycles.